The van der Waals surface area contributed by atoms with Gasteiger partial charge >= 0.3 is 0 Å². The van der Waals surface area contributed by atoms with Crippen molar-refractivity contribution < 1.29 is 4.79 Å². The van der Waals surface area contributed by atoms with Crippen LogP contribution in [0.1, 0.15) is 0 Å². The molecule has 1 aromatic heterocycles. The van der Waals surface area contributed by atoms with Crippen molar-refractivity contribution in [2.45, 2.75) is 0 Å². The van der Waals surface area contributed by atoms with Crippen LogP contribution in [0.5, 0.6) is 0 Å². The number of carbonyl (C=O) groups excluding carboxylic acids is 1. The summed E-state index contributed by atoms with van der Waals surface area (Å²) in [6.45, 7) is 0.247. The molecule has 3 rings (SSSR count). The van der Waals surface area contributed by atoms with Crippen LogP contribution in [0.2, 0.25) is 0 Å². The Bertz CT molecular complexity index is 628. The molecule has 1 aromatic carbocycles. The van der Waals surface area contributed by atoms with E-state index in [0.29, 0.717) is 11.6 Å². The molecule has 0 atom stereocenters. The van der Waals surface area contributed by atoms with Crippen LogP contribution in [0.3, 0.4) is 0 Å². The fourth-order valence-electron chi connectivity index (χ4n) is 2.07. The molecular formula is C13H13N5O. The molecule has 2 N–H and O–H groups in total. The van der Waals surface area contributed by atoms with Gasteiger partial charge in [-0.05, 0) is 12.1 Å². The Hall–Kier alpha value is -2.63. The first-order valence-electron chi connectivity index (χ1n) is 5.94. The van der Waals surface area contributed by atoms with Crippen molar-refractivity contribution in [2.75, 3.05) is 29.1 Å². The number of rotatable bonds is 2. The normalized spacial score (nSPS) is 13.7. The zero-order chi connectivity index (χ0) is 13.2. The van der Waals surface area contributed by atoms with Gasteiger partial charge in [0.1, 0.15) is 24.5 Å². The summed E-state index contributed by atoms with van der Waals surface area (Å²) in [6.07, 6.45) is 1.48. The molecule has 2 heterocycles. The Balaban J connectivity index is 2.07. The van der Waals surface area contributed by atoms with Gasteiger partial charge in [-0.1, -0.05) is 12.1 Å². The quantitative estimate of drug-likeness (QED) is 0.853. The van der Waals surface area contributed by atoms with Crippen molar-refractivity contribution in [3.05, 3.63) is 36.7 Å². The largest absolute Gasteiger partial charge is 0.373 e. The lowest BCUT2D eigenvalue weighted by molar-refractivity contribution is -0.115. The van der Waals surface area contributed by atoms with Crippen LogP contribution in [0.25, 0.3) is 0 Å². The number of carbonyl (C=O) groups is 1. The summed E-state index contributed by atoms with van der Waals surface area (Å²) in [4.78, 5) is 21.9. The molecule has 6 heteroatoms. The van der Waals surface area contributed by atoms with Crippen LogP contribution < -0.4 is 15.5 Å². The van der Waals surface area contributed by atoms with Gasteiger partial charge in [-0.25, -0.2) is 9.97 Å². The monoisotopic (exact) mass is 255 g/mol. The minimum Gasteiger partial charge on any atom is -0.373 e. The number of hydrogen-bond acceptors (Lipinski definition) is 5. The van der Waals surface area contributed by atoms with Gasteiger partial charge in [-0.3, -0.25) is 4.79 Å². The molecule has 1 aliphatic rings. The maximum absolute atomic E-state index is 11.8. The molecule has 0 saturated heterocycles. The third-order valence-corrected chi connectivity index (χ3v) is 2.96. The Morgan fingerprint density at radius 3 is 3.00 bits per heavy atom. The molecular weight excluding hydrogens is 242 g/mol. The molecule has 0 aliphatic carbocycles. The smallest absolute Gasteiger partial charge is 0.244 e. The third kappa shape index (κ3) is 2.08. The van der Waals surface area contributed by atoms with Crippen LogP contribution in [0.4, 0.5) is 23.0 Å². The SMILES string of the molecule is CNc1cc(N2CC(=O)Nc3ccccc32)ncn1. The lowest BCUT2D eigenvalue weighted by atomic mass is 10.2. The second-order valence-corrected chi connectivity index (χ2v) is 4.16. The van der Waals surface area contributed by atoms with Gasteiger partial charge in [0.15, 0.2) is 0 Å². The van der Waals surface area contributed by atoms with E-state index in [-0.39, 0.29) is 12.5 Å². The van der Waals surface area contributed by atoms with Crippen molar-refractivity contribution in [1.29, 1.82) is 0 Å². The summed E-state index contributed by atoms with van der Waals surface area (Å²) < 4.78 is 0. The van der Waals surface area contributed by atoms with Crippen LogP contribution in [-0.4, -0.2) is 29.5 Å². The van der Waals surface area contributed by atoms with Crippen LogP contribution in [-0.2, 0) is 4.79 Å². The molecule has 0 unspecified atom stereocenters. The number of nitrogens with zero attached hydrogens (tertiary/aromatic N) is 3. The van der Waals surface area contributed by atoms with Crippen molar-refractivity contribution in [2.24, 2.45) is 0 Å². The number of hydrogen-bond donors (Lipinski definition) is 2. The Morgan fingerprint density at radius 2 is 2.16 bits per heavy atom. The number of aromatic nitrogens is 2. The van der Waals surface area contributed by atoms with Gasteiger partial charge < -0.3 is 15.5 Å². The number of para-hydroxylation sites is 2. The molecule has 0 radical (unpaired) electrons. The average molecular weight is 255 g/mol. The van der Waals surface area contributed by atoms with Crippen molar-refractivity contribution >= 4 is 28.9 Å². The molecule has 19 heavy (non-hydrogen) atoms. The van der Waals surface area contributed by atoms with E-state index in [1.54, 1.807) is 7.05 Å². The molecule has 2 aromatic rings. The maximum Gasteiger partial charge on any atom is 0.244 e. The average Bonchev–Trinajstić information content (AvgIpc) is 2.46. The summed E-state index contributed by atoms with van der Waals surface area (Å²) in [5, 5.41) is 5.81. The molecule has 1 amide bonds. The van der Waals surface area contributed by atoms with Gasteiger partial charge in [-0.15, -0.1) is 0 Å². The molecule has 96 valence electrons. The van der Waals surface area contributed by atoms with E-state index in [1.807, 2.05) is 35.2 Å². The zero-order valence-corrected chi connectivity index (χ0v) is 10.4. The summed E-state index contributed by atoms with van der Waals surface area (Å²) in [5.41, 5.74) is 1.73. The minimum atomic E-state index is -0.0525. The second-order valence-electron chi connectivity index (χ2n) is 4.16. The topological polar surface area (TPSA) is 70.2 Å². The Kier molecular flexibility index (Phi) is 2.75. The lowest BCUT2D eigenvalue weighted by Crippen LogP contribution is -2.35. The minimum absolute atomic E-state index is 0.0525. The molecule has 6 nitrogen and oxygen atoms in total. The first-order chi connectivity index (χ1) is 9.28. The summed E-state index contributed by atoms with van der Waals surface area (Å²) in [5.74, 6) is 1.36. The van der Waals surface area contributed by atoms with Crippen LogP contribution in [0, 0.1) is 0 Å². The number of anilines is 4. The highest BCUT2D eigenvalue weighted by atomic mass is 16.2. The van der Waals surface area contributed by atoms with E-state index in [4.69, 9.17) is 0 Å². The first-order valence-corrected chi connectivity index (χ1v) is 5.94. The summed E-state index contributed by atoms with van der Waals surface area (Å²) in [6, 6.07) is 9.47. The van der Waals surface area contributed by atoms with E-state index in [0.717, 1.165) is 11.4 Å². The summed E-state index contributed by atoms with van der Waals surface area (Å²) in [7, 11) is 1.79. The number of amides is 1. The van der Waals surface area contributed by atoms with Crippen molar-refractivity contribution in [3.63, 3.8) is 0 Å². The van der Waals surface area contributed by atoms with Gasteiger partial charge in [0.2, 0.25) is 5.91 Å². The van der Waals surface area contributed by atoms with Gasteiger partial charge in [-0.2, -0.15) is 0 Å². The number of nitrogens with one attached hydrogen (secondary N) is 2. The van der Waals surface area contributed by atoms with E-state index >= 15 is 0 Å². The fraction of sp³-hybridized carbons (Fsp3) is 0.154. The maximum atomic E-state index is 11.8. The number of benzene rings is 1. The third-order valence-electron chi connectivity index (χ3n) is 2.96. The predicted molar refractivity (Wildman–Crippen MR) is 73.7 cm³/mol. The highest BCUT2D eigenvalue weighted by Gasteiger charge is 2.23. The molecule has 1 aliphatic heterocycles. The predicted octanol–water partition coefficient (Wildman–Crippen LogP) is 1.61. The standard InChI is InChI=1S/C13H13N5O/c1-14-11-6-12(16-8-15-11)18-7-13(19)17-9-4-2-3-5-10(9)18/h2-6,8H,7H2,1H3,(H,17,19)(H,14,15,16). The second kappa shape index (κ2) is 4.56. The van der Waals surface area contributed by atoms with Crippen molar-refractivity contribution in [3.8, 4) is 0 Å². The van der Waals surface area contributed by atoms with E-state index in [9.17, 15) is 4.79 Å². The number of fused-ring (bicyclic) bond motifs is 1. The van der Waals surface area contributed by atoms with E-state index < -0.39 is 0 Å². The van der Waals surface area contributed by atoms with Crippen LogP contribution >= 0.6 is 0 Å². The Morgan fingerprint density at radius 1 is 1.32 bits per heavy atom. The van der Waals surface area contributed by atoms with Crippen LogP contribution in [0.15, 0.2) is 36.7 Å². The highest BCUT2D eigenvalue weighted by molar-refractivity contribution is 6.02. The molecule has 0 spiro atoms. The fourth-order valence-corrected chi connectivity index (χ4v) is 2.07. The van der Waals surface area contributed by atoms with E-state index in [2.05, 4.69) is 20.6 Å². The van der Waals surface area contributed by atoms with Crippen molar-refractivity contribution in [1.82, 2.24) is 9.97 Å². The van der Waals surface area contributed by atoms with Gasteiger partial charge in [0.05, 0.1) is 11.4 Å². The zero-order valence-electron chi connectivity index (χ0n) is 10.4. The molecule has 0 fully saturated rings. The Labute approximate surface area is 110 Å². The first kappa shape index (κ1) is 11.5. The lowest BCUT2D eigenvalue weighted by Gasteiger charge is -2.29. The highest BCUT2D eigenvalue weighted by Crippen LogP contribution is 2.33. The summed E-state index contributed by atoms with van der Waals surface area (Å²) >= 11 is 0. The molecule has 0 bridgehead atoms. The van der Waals surface area contributed by atoms with Gasteiger partial charge in [0.25, 0.3) is 0 Å². The van der Waals surface area contributed by atoms with Gasteiger partial charge in [0, 0.05) is 13.1 Å². The molecule has 0 saturated carbocycles. The van der Waals surface area contributed by atoms with E-state index in [1.165, 1.54) is 6.33 Å².